The lowest BCUT2D eigenvalue weighted by molar-refractivity contribution is 0.470. The summed E-state index contributed by atoms with van der Waals surface area (Å²) < 4.78 is 2.10. The van der Waals surface area contributed by atoms with Gasteiger partial charge in [-0.05, 0) is 38.8 Å². The van der Waals surface area contributed by atoms with Crippen LogP contribution < -0.4 is 5.32 Å². The first-order valence-corrected chi connectivity index (χ1v) is 8.19. The predicted molar refractivity (Wildman–Crippen MR) is 96.8 cm³/mol. The van der Waals surface area contributed by atoms with Crippen LogP contribution in [0.2, 0.25) is 0 Å². The third kappa shape index (κ3) is 4.58. The van der Waals surface area contributed by atoms with Crippen LogP contribution in [0.15, 0.2) is 42.0 Å². The van der Waals surface area contributed by atoms with E-state index in [1.165, 1.54) is 5.69 Å². The molecule has 2 aromatic rings. The third-order valence-corrected chi connectivity index (χ3v) is 3.73. The first-order chi connectivity index (χ1) is 11.2. The van der Waals surface area contributed by atoms with E-state index in [0.29, 0.717) is 6.54 Å². The molecule has 0 bridgehead atoms. The summed E-state index contributed by atoms with van der Waals surface area (Å²) in [5.74, 6) is 0.922. The number of fused-ring (bicyclic) bond motifs is 1. The Kier molecular flexibility index (Phi) is 6.20. The average Bonchev–Trinajstić information content (AvgIpc) is 2.96. The molecule has 0 aliphatic rings. The lowest BCUT2D eigenvalue weighted by Crippen LogP contribution is -2.39. The maximum absolute atomic E-state index is 4.72. The van der Waals surface area contributed by atoms with Gasteiger partial charge in [0.25, 0.3) is 0 Å². The van der Waals surface area contributed by atoms with Gasteiger partial charge in [-0.3, -0.25) is 0 Å². The number of guanidine groups is 1. The summed E-state index contributed by atoms with van der Waals surface area (Å²) in [6.45, 7) is 10.3. The number of unbranched alkanes of at least 4 members (excludes halogenated alkanes) is 1. The summed E-state index contributed by atoms with van der Waals surface area (Å²) in [4.78, 5) is 11.5. The van der Waals surface area contributed by atoms with E-state index in [1.807, 2.05) is 18.2 Å². The molecule has 2 rings (SSSR count). The maximum Gasteiger partial charge on any atom is 0.194 e. The molecular formula is C18H27N5. The van der Waals surface area contributed by atoms with E-state index in [4.69, 9.17) is 4.99 Å². The predicted octanol–water partition coefficient (Wildman–Crippen LogP) is 3.01. The van der Waals surface area contributed by atoms with Crippen molar-refractivity contribution in [2.24, 2.45) is 4.99 Å². The van der Waals surface area contributed by atoms with Crippen molar-refractivity contribution in [3.05, 3.63) is 48.4 Å². The van der Waals surface area contributed by atoms with E-state index >= 15 is 0 Å². The van der Waals surface area contributed by atoms with E-state index in [-0.39, 0.29) is 0 Å². The second-order valence-electron chi connectivity index (χ2n) is 5.65. The monoisotopic (exact) mass is 313 g/mol. The molecule has 0 amide bonds. The minimum Gasteiger partial charge on any atom is -0.357 e. The molecule has 0 aromatic carbocycles. The Bertz CT molecular complexity index is 671. The van der Waals surface area contributed by atoms with Crippen LogP contribution >= 0.6 is 0 Å². The Morgan fingerprint density at radius 1 is 1.48 bits per heavy atom. The molecule has 0 radical (unpaired) electrons. The van der Waals surface area contributed by atoms with Crippen LogP contribution in [0.4, 0.5) is 0 Å². The molecule has 2 aromatic heterocycles. The van der Waals surface area contributed by atoms with Gasteiger partial charge < -0.3 is 14.6 Å². The van der Waals surface area contributed by atoms with Gasteiger partial charge in [0, 0.05) is 32.0 Å². The smallest absolute Gasteiger partial charge is 0.194 e. The molecule has 5 heteroatoms. The van der Waals surface area contributed by atoms with Crippen molar-refractivity contribution < 1.29 is 0 Å². The topological polar surface area (TPSA) is 44.9 Å². The summed E-state index contributed by atoms with van der Waals surface area (Å²) in [6, 6.07) is 6.13. The van der Waals surface area contributed by atoms with Gasteiger partial charge in [0.05, 0.1) is 12.2 Å². The number of aryl methyl sites for hydroxylation is 1. The zero-order valence-corrected chi connectivity index (χ0v) is 14.4. The summed E-state index contributed by atoms with van der Waals surface area (Å²) >= 11 is 0. The number of rotatable bonds is 7. The van der Waals surface area contributed by atoms with Crippen molar-refractivity contribution in [1.82, 2.24) is 19.6 Å². The zero-order valence-electron chi connectivity index (χ0n) is 14.4. The minimum atomic E-state index is 0.579. The molecule has 0 unspecified atom stereocenters. The lowest BCUT2D eigenvalue weighted by Gasteiger charge is -2.21. The van der Waals surface area contributed by atoms with Gasteiger partial charge >= 0.3 is 0 Å². The number of aromatic nitrogens is 2. The van der Waals surface area contributed by atoms with Crippen LogP contribution in [-0.2, 0) is 6.54 Å². The van der Waals surface area contributed by atoms with Crippen molar-refractivity contribution in [1.29, 1.82) is 0 Å². The van der Waals surface area contributed by atoms with Crippen molar-refractivity contribution in [3.8, 4) is 0 Å². The molecule has 1 N–H and O–H groups in total. The average molecular weight is 313 g/mol. The number of hydrogen-bond acceptors (Lipinski definition) is 2. The van der Waals surface area contributed by atoms with Crippen molar-refractivity contribution in [2.45, 2.75) is 33.2 Å². The van der Waals surface area contributed by atoms with Gasteiger partial charge in [0.15, 0.2) is 5.96 Å². The van der Waals surface area contributed by atoms with E-state index in [2.05, 4.69) is 59.3 Å². The Morgan fingerprint density at radius 2 is 2.30 bits per heavy atom. The van der Waals surface area contributed by atoms with Gasteiger partial charge in [-0.1, -0.05) is 12.1 Å². The summed E-state index contributed by atoms with van der Waals surface area (Å²) in [7, 11) is 2.07. The Balaban J connectivity index is 2.08. The number of pyridine rings is 1. The molecule has 0 atom stereocenters. The first-order valence-electron chi connectivity index (χ1n) is 8.19. The fraction of sp³-hybridized carbons (Fsp3) is 0.444. The lowest BCUT2D eigenvalue weighted by atomic mass is 10.3. The van der Waals surface area contributed by atoms with E-state index < -0.39 is 0 Å². The summed E-state index contributed by atoms with van der Waals surface area (Å²) in [6.07, 6.45) is 6.12. The van der Waals surface area contributed by atoms with Crippen molar-refractivity contribution >= 4 is 11.6 Å². The van der Waals surface area contributed by atoms with Crippen molar-refractivity contribution in [2.75, 3.05) is 20.1 Å². The number of aliphatic imine (C=N–C) groups is 1. The van der Waals surface area contributed by atoms with E-state index in [0.717, 1.165) is 43.2 Å². The fourth-order valence-electron chi connectivity index (χ4n) is 2.48. The van der Waals surface area contributed by atoms with Gasteiger partial charge in [-0.15, -0.1) is 6.58 Å². The molecule has 124 valence electrons. The standard InChI is InChI=1S/C18H27N5/c1-5-7-8-12-22(4)18(19-6-2)20-13-16-14-23-15(3)10-9-11-17(23)21-16/h5,9-11,14H,1,6-8,12-13H2,2-4H3,(H,19,20). The second kappa shape index (κ2) is 8.36. The van der Waals surface area contributed by atoms with Gasteiger partial charge in [-0.2, -0.15) is 0 Å². The highest BCUT2D eigenvalue weighted by molar-refractivity contribution is 5.79. The number of allylic oxidation sites excluding steroid dienone is 1. The highest BCUT2D eigenvalue weighted by Gasteiger charge is 2.06. The summed E-state index contributed by atoms with van der Waals surface area (Å²) in [5, 5.41) is 3.34. The second-order valence-corrected chi connectivity index (χ2v) is 5.65. The molecule has 0 saturated heterocycles. The Morgan fingerprint density at radius 3 is 3.00 bits per heavy atom. The molecule has 0 aliphatic heterocycles. The van der Waals surface area contributed by atoms with E-state index in [1.54, 1.807) is 0 Å². The third-order valence-electron chi connectivity index (χ3n) is 3.73. The Labute approximate surface area is 138 Å². The molecule has 0 fully saturated rings. The van der Waals surface area contributed by atoms with Crippen LogP contribution in [0, 0.1) is 6.92 Å². The van der Waals surface area contributed by atoms with Crippen LogP contribution in [0.5, 0.6) is 0 Å². The number of nitrogens with zero attached hydrogens (tertiary/aromatic N) is 4. The number of hydrogen-bond donors (Lipinski definition) is 1. The van der Waals surface area contributed by atoms with Crippen LogP contribution in [0.1, 0.15) is 31.2 Å². The SMILES string of the molecule is C=CCCCN(C)C(=NCc1cn2c(C)cccc2n1)NCC. The van der Waals surface area contributed by atoms with Crippen LogP contribution in [-0.4, -0.2) is 40.4 Å². The van der Waals surface area contributed by atoms with E-state index in [9.17, 15) is 0 Å². The fourth-order valence-corrected chi connectivity index (χ4v) is 2.48. The Hall–Kier alpha value is -2.30. The van der Waals surface area contributed by atoms with Crippen LogP contribution in [0.25, 0.3) is 5.65 Å². The van der Waals surface area contributed by atoms with Crippen LogP contribution in [0.3, 0.4) is 0 Å². The quantitative estimate of drug-likeness (QED) is 0.370. The number of imidazole rings is 1. The molecule has 2 heterocycles. The molecule has 23 heavy (non-hydrogen) atoms. The normalized spacial score (nSPS) is 11.7. The van der Waals surface area contributed by atoms with Gasteiger partial charge in [0.1, 0.15) is 5.65 Å². The van der Waals surface area contributed by atoms with Gasteiger partial charge in [0.2, 0.25) is 0 Å². The molecular weight excluding hydrogens is 286 g/mol. The minimum absolute atomic E-state index is 0.579. The van der Waals surface area contributed by atoms with Gasteiger partial charge in [-0.25, -0.2) is 9.98 Å². The maximum atomic E-state index is 4.72. The molecule has 0 saturated carbocycles. The number of nitrogens with one attached hydrogen (secondary N) is 1. The molecule has 0 aliphatic carbocycles. The first kappa shape index (κ1) is 17.1. The molecule has 0 spiro atoms. The zero-order chi connectivity index (χ0) is 16.7. The molecule has 5 nitrogen and oxygen atoms in total. The summed E-state index contributed by atoms with van der Waals surface area (Å²) in [5.41, 5.74) is 3.13. The highest BCUT2D eigenvalue weighted by Crippen LogP contribution is 2.09. The largest absolute Gasteiger partial charge is 0.357 e. The van der Waals surface area contributed by atoms with Crippen molar-refractivity contribution in [3.63, 3.8) is 0 Å². The highest BCUT2D eigenvalue weighted by atomic mass is 15.3.